The Bertz CT molecular complexity index is 484. The van der Waals surface area contributed by atoms with Gasteiger partial charge in [-0.3, -0.25) is 4.79 Å². The number of hydrogen-bond donors (Lipinski definition) is 1. The van der Waals surface area contributed by atoms with Gasteiger partial charge in [0, 0.05) is 30.7 Å². The molecule has 0 aliphatic carbocycles. The van der Waals surface area contributed by atoms with E-state index in [1.165, 1.54) is 25.3 Å². The van der Waals surface area contributed by atoms with Gasteiger partial charge in [-0.2, -0.15) is 0 Å². The third-order valence-electron chi connectivity index (χ3n) is 3.42. The van der Waals surface area contributed by atoms with Gasteiger partial charge in [0.2, 0.25) is 0 Å². The number of nitrogens with zero attached hydrogens (tertiary/aromatic N) is 1. The molecule has 4 nitrogen and oxygen atoms in total. The fourth-order valence-electron chi connectivity index (χ4n) is 2.26. The third kappa shape index (κ3) is 3.41. The van der Waals surface area contributed by atoms with Crippen molar-refractivity contribution in [3.05, 3.63) is 29.6 Å². The van der Waals surface area contributed by atoms with Crippen LogP contribution in [-0.2, 0) is 0 Å². The van der Waals surface area contributed by atoms with E-state index >= 15 is 0 Å². The van der Waals surface area contributed by atoms with Gasteiger partial charge in [0.25, 0.3) is 5.91 Å². The summed E-state index contributed by atoms with van der Waals surface area (Å²) < 4.78 is 18.3. The van der Waals surface area contributed by atoms with Crippen LogP contribution in [0.15, 0.2) is 18.2 Å². The monoisotopic (exact) mass is 302 g/mol. The molecular formula is C14H20ClFN2O2. The summed E-state index contributed by atoms with van der Waals surface area (Å²) in [4.78, 5) is 14.3. The summed E-state index contributed by atoms with van der Waals surface area (Å²) >= 11 is 0. The molecule has 2 unspecified atom stereocenters. The molecule has 1 aliphatic heterocycles. The fourth-order valence-corrected chi connectivity index (χ4v) is 2.26. The lowest BCUT2D eigenvalue weighted by atomic mass is 10.1. The molecule has 0 radical (unpaired) electrons. The average molecular weight is 303 g/mol. The van der Waals surface area contributed by atoms with E-state index < -0.39 is 5.82 Å². The molecule has 0 saturated carbocycles. The second-order valence-corrected chi connectivity index (χ2v) is 4.97. The summed E-state index contributed by atoms with van der Waals surface area (Å²) in [6.45, 7) is 5.46. The zero-order valence-electron chi connectivity index (χ0n) is 11.9. The first kappa shape index (κ1) is 16.7. The highest BCUT2D eigenvalue weighted by atomic mass is 35.5. The van der Waals surface area contributed by atoms with E-state index in [0.717, 1.165) is 6.54 Å². The minimum atomic E-state index is -0.458. The average Bonchev–Trinajstić information content (AvgIpc) is 2.41. The topological polar surface area (TPSA) is 41.6 Å². The number of benzene rings is 1. The van der Waals surface area contributed by atoms with Crippen molar-refractivity contribution in [2.75, 3.05) is 20.2 Å². The first-order chi connectivity index (χ1) is 9.02. The Balaban J connectivity index is 0.00000200. The summed E-state index contributed by atoms with van der Waals surface area (Å²) in [6.07, 6.45) is 0. The maximum absolute atomic E-state index is 13.4. The molecule has 0 bridgehead atoms. The molecule has 1 fully saturated rings. The normalized spacial score (nSPS) is 22.1. The number of nitrogens with one attached hydrogen (secondary N) is 1. The molecule has 2 atom stereocenters. The molecular weight excluding hydrogens is 283 g/mol. The molecule has 1 heterocycles. The van der Waals surface area contributed by atoms with Crippen LogP contribution in [0.1, 0.15) is 24.2 Å². The summed E-state index contributed by atoms with van der Waals surface area (Å²) in [5, 5.41) is 3.32. The summed E-state index contributed by atoms with van der Waals surface area (Å²) in [5.41, 5.74) is 0.458. The highest BCUT2D eigenvalue weighted by Gasteiger charge is 2.27. The highest BCUT2D eigenvalue weighted by molar-refractivity contribution is 5.95. The number of halogens is 2. The predicted octanol–water partition coefficient (Wildman–Crippen LogP) is 2.08. The number of carbonyl (C=O) groups is 1. The van der Waals surface area contributed by atoms with Crippen molar-refractivity contribution in [1.82, 2.24) is 10.2 Å². The lowest BCUT2D eigenvalue weighted by Gasteiger charge is -2.37. The van der Waals surface area contributed by atoms with Crippen molar-refractivity contribution in [3.63, 3.8) is 0 Å². The van der Waals surface area contributed by atoms with Gasteiger partial charge in [-0.1, -0.05) is 0 Å². The Morgan fingerprint density at radius 3 is 2.80 bits per heavy atom. The molecule has 20 heavy (non-hydrogen) atoms. The standard InChI is InChI=1S/C14H19FN2O2.ClH/c1-9-8-17(10(2)7-16-9)14(18)11-4-5-12(15)13(6-11)19-3;/h4-6,9-10,16H,7-8H2,1-3H3;1H. The van der Waals surface area contributed by atoms with Gasteiger partial charge in [-0.05, 0) is 32.0 Å². The lowest BCUT2D eigenvalue weighted by Crippen LogP contribution is -2.56. The Kier molecular flexibility index (Phi) is 5.77. The molecule has 1 amide bonds. The van der Waals surface area contributed by atoms with Crippen molar-refractivity contribution in [3.8, 4) is 5.75 Å². The van der Waals surface area contributed by atoms with Gasteiger partial charge in [-0.25, -0.2) is 4.39 Å². The van der Waals surface area contributed by atoms with E-state index in [-0.39, 0.29) is 36.1 Å². The highest BCUT2D eigenvalue weighted by Crippen LogP contribution is 2.20. The number of amides is 1. The number of methoxy groups -OCH3 is 1. The summed E-state index contributed by atoms with van der Waals surface area (Å²) in [6, 6.07) is 4.61. The van der Waals surface area contributed by atoms with E-state index in [9.17, 15) is 9.18 Å². The van der Waals surface area contributed by atoms with Crippen LogP contribution in [0.25, 0.3) is 0 Å². The van der Waals surface area contributed by atoms with Crippen molar-refractivity contribution < 1.29 is 13.9 Å². The zero-order valence-corrected chi connectivity index (χ0v) is 12.7. The quantitative estimate of drug-likeness (QED) is 0.909. The van der Waals surface area contributed by atoms with Gasteiger partial charge in [0.1, 0.15) is 0 Å². The van der Waals surface area contributed by atoms with Crippen LogP contribution in [0.2, 0.25) is 0 Å². The molecule has 0 aromatic heterocycles. The second kappa shape index (κ2) is 6.90. The fraction of sp³-hybridized carbons (Fsp3) is 0.500. The van der Waals surface area contributed by atoms with Gasteiger partial charge in [-0.15, -0.1) is 12.4 Å². The van der Waals surface area contributed by atoms with Gasteiger partial charge in [0.15, 0.2) is 11.6 Å². The zero-order chi connectivity index (χ0) is 14.0. The number of piperazine rings is 1. The van der Waals surface area contributed by atoms with Gasteiger partial charge < -0.3 is 15.0 Å². The predicted molar refractivity (Wildman–Crippen MR) is 78.2 cm³/mol. The Morgan fingerprint density at radius 2 is 2.15 bits per heavy atom. The van der Waals surface area contributed by atoms with Crippen LogP contribution < -0.4 is 10.1 Å². The Morgan fingerprint density at radius 1 is 1.45 bits per heavy atom. The summed E-state index contributed by atoms with van der Waals surface area (Å²) in [7, 11) is 1.39. The molecule has 1 aromatic carbocycles. The number of ether oxygens (including phenoxy) is 1. The maximum atomic E-state index is 13.4. The number of hydrogen-bond acceptors (Lipinski definition) is 3. The first-order valence-corrected chi connectivity index (χ1v) is 6.40. The van der Waals surface area contributed by atoms with Crippen molar-refractivity contribution >= 4 is 18.3 Å². The van der Waals surface area contributed by atoms with Crippen molar-refractivity contribution in [2.45, 2.75) is 25.9 Å². The van der Waals surface area contributed by atoms with Crippen molar-refractivity contribution in [1.29, 1.82) is 0 Å². The van der Waals surface area contributed by atoms with E-state index in [0.29, 0.717) is 12.1 Å². The first-order valence-electron chi connectivity index (χ1n) is 6.40. The molecule has 1 aliphatic rings. The van der Waals surface area contributed by atoms with E-state index in [1.807, 2.05) is 18.7 Å². The van der Waals surface area contributed by atoms with Crippen LogP contribution in [0, 0.1) is 5.82 Å². The summed E-state index contributed by atoms with van der Waals surface area (Å²) in [5.74, 6) is -0.443. The molecule has 6 heteroatoms. The second-order valence-electron chi connectivity index (χ2n) is 4.97. The minimum Gasteiger partial charge on any atom is -0.494 e. The van der Waals surface area contributed by atoms with Crippen LogP contribution in [0.5, 0.6) is 5.75 Å². The smallest absolute Gasteiger partial charge is 0.254 e. The Hall–Kier alpha value is -1.33. The SMILES string of the molecule is COc1cc(C(=O)N2CC(C)NCC2C)ccc1F.Cl. The van der Waals surface area contributed by atoms with E-state index in [2.05, 4.69) is 5.32 Å². The van der Waals surface area contributed by atoms with E-state index in [1.54, 1.807) is 0 Å². The number of rotatable bonds is 2. The van der Waals surface area contributed by atoms with Crippen molar-refractivity contribution in [2.24, 2.45) is 0 Å². The van der Waals surface area contributed by atoms with Crippen LogP contribution in [-0.4, -0.2) is 43.1 Å². The molecule has 2 rings (SSSR count). The Labute approximate surface area is 124 Å². The lowest BCUT2D eigenvalue weighted by molar-refractivity contribution is 0.0616. The molecule has 1 aromatic rings. The minimum absolute atomic E-state index is 0. The maximum Gasteiger partial charge on any atom is 0.254 e. The van der Waals surface area contributed by atoms with Gasteiger partial charge >= 0.3 is 0 Å². The van der Waals surface area contributed by atoms with Crippen LogP contribution in [0.4, 0.5) is 4.39 Å². The largest absolute Gasteiger partial charge is 0.494 e. The molecule has 1 saturated heterocycles. The van der Waals surface area contributed by atoms with E-state index in [4.69, 9.17) is 4.74 Å². The molecule has 1 N–H and O–H groups in total. The van der Waals surface area contributed by atoms with Gasteiger partial charge in [0.05, 0.1) is 7.11 Å². The molecule has 0 spiro atoms. The van der Waals surface area contributed by atoms with Crippen LogP contribution >= 0.6 is 12.4 Å². The number of carbonyl (C=O) groups excluding carboxylic acids is 1. The third-order valence-corrected chi connectivity index (χ3v) is 3.42. The van der Waals surface area contributed by atoms with Crippen LogP contribution in [0.3, 0.4) is 0 Å². The molecule has 112 valence electrons.